The summed E-state index contributed by atoms with van der Waals surface area (Å²) in [6, 6.07) is 0. The predicted molar refractivity (Wildman–Crippen MR) is 80.5 cm³/mol. The second kappa shape index (κ2) is 10.1. The second-order valence-corrected chi connectivity index (χ2v) is 5.31. The highest BCUT2D eigenvalue weighted by Gasteiger charge is 2.23. The molecule has 0 aromatic heterocycles. The normalized spacial score (nSPS) is 23.5. The van der Waals surface area contributed by atoms with Gasteiger partial charge in [-0.3, -0.25) is 4.99 Å². The molecule has 3 rings (SSSR count). The first-order valence-corrected chi connectivity index (χ1v) is 7.68. The molecule has 3 heterocycles. The molecule has 0 aromatic carbocycles. The fourth-order valence-corrected chi connectivity index (χ4v) is 1.87. The van der Waals surface area contributed by atoms with Crippen LogP contribution < -0.4 is 0 Å². The van der Waals surface area contributed by atoms with Gasteiger partial charge in [0.25, 0.3) is 0 Å². The Hall–Kier alpha value is -0.690. The molecule has 0 aromatic rings. The van der Waals surface area contributed by atoms with Crippen LogP contribution in [0.2, 0.25) is 0 Å². The van der Waals surface area contributed by atoms with Crippen molar-refractivity contribution in [3.8, 4) is 0 Å². The highest BCUT2D eigenvalue weighted by atomic mass is 16.7. The molecule has 3 aliphatic rings. The van der Waals surface area contributed by atoms with Gasteiger partial charge in [-0.2, -0.15) is 0 Å². The minimum atomic E-state index is -0.306. The van der Waals surface area contributed by atoms with Crippen molar-refractivity contribution in [3.63, 3.8) is 0 Å². The number of hydrogen-bond acceptors (Lipinski definition) is 6. The van der Waals surface area contributed by atoms with Crippen molar-refractivity contribution in [2.24, 2.45) is 4.99 Å². The van der Waals surface area contributed by atoms with Gasteiger partial charge in [-0.05, 0) is 20.3 Å². The third-order valence-electron chi connectivity index (χ3n) is 2.93. The van der Waals surface area contributed by atoms with E-state index in [1.54, 1.807) is 0 Å². The van der Waals surface area contributed by atoms with Crippen molar-refractivity contribution >= 4 is 5.90 Å². The first-order chi connectivity index (χ1) is 10.0. The fraction of sp³-hybridized carbons (Fsp3) is 0.933. The first kappa shape index (κ1) is 18.4. The van der Waals surface area contributed by atoms with Crippen LogP contribution in [0.4, 0.5) is 0 Å². The lowest BCUT2D eigenvalue weighted by atomic mass is 10.3. The van der Waals surface area contributed by atoms with Gasteiger partial charge in [0, 0.05) is 6.92 Å². The Bertz CT molecular complexity index is 292. The molecule has 6 heteroatoms. The van der Waals surface area contributed by atoms with Gasteiger partial charge < -0.3 is 23.7 Å². The summed E-state index contributed by atoms with van der Waals surface area (Å²) in [7, 11) is 0. The molecular weight excluding hydrogens is 274 g/mol. The lowest BCUT2D eigenvalue weighted by molar-refractivity contribution is -0.125. The summed E-state index contributed by atoms with van der Waals surface area (Å²) in [5.41, 5.74) is 0. The Morgan fingerprint density at radius 3 is 1.95 bits per heavy atom. The highest BCUT2D eigenvalue weighted by molar-refractivity contribution is 5.74. The first-order valence-electron chi connectivity index (χ1n) is 7.68. The Kier molecular flexibility index (Phi) is 8.84. The van der Waals surface area contributed by atoms with Crippen molar-refractivity contribution < 1.29 is 23.7 Å². The van der Waals surface area contributed by atoms with Crippen LogP contribution in [-0.4, -0.2) is 57.6 Å². The molecule has 0 radical (unpaired) electrons. The van der Waals surface area contributed by atoms with Crippen molar-refractivity contribution in [2.45, 2.75) is 52.6 Å². The molecule has 21 heavy (non-hydrogen) atoms. The summed E-state index contributed by atoms with van der Waals surface area (Å²) < 4.78 is 25.5. The van der Waals surface area contributed by atoms with E-state index >= 15 is 0 Å². The van der Waals surface area contributed by atoms with Gasteiger partial charge in [-0.15, -0.1) is 0 Å². The van der Waals surface area contributed by atoms with E-state index < -0.39 is 0 Å². The number of nitrogens with zero attached hydrogens (tertiary/aromatic N) is 1. The van der Waals surface area contributed by atoms with Crippen LogP contribution in [0, 0.1) is 0 Å². The van der Waals surface area contributed by atoms with E-state index in [-0.39, 0.29) is 12.1 Å². The maximum atomic E-state index is 5.17. The molecule has 0 saturated carbocycles. The van der Waals surface area contributed by atoms with Gasteiger partial charge in [0.05, 0.1) is 33.0 Å². The van der Waals surface area contributed by atoms with E-state index in [1.807, 2.05) is 20.8 Å². The van der Waals surface area contributed by atoms with E-state index in [9.17, 15) is 0 Å². The van der Waals surface area contributed by atoms with Gasteiger partial charge in [-0.25, -0.2) is 0 Å². The molecule has 0 amide bonds. The Morgan fingerprint density at radius 1 is 1.05 bits per heavy atom. The van der Waals surface area contributed by atoms with Gasteiger partial charge >= 0.3 is 0 Å². The lowest BCUT2D eigenvalue weighted by Crippen LogP contribution is -2.18. The predicted octanol–water partition coefficient (Wildman–Crippen LogP) is 2.36. The van der Waals surface area contributed by atoms with Crippen LogP contribution in [0.5, 0.6) is 0 Å². The summed E-state index contributed by atoms with van der Waals surface area (Å²) >= 11 is 0. The molecule has 0 bridgehead atoms. The Morgan fingerprint density at radius 2 is 1.67 bits per heavy atom. The summed E-state index contributed by atoms with van der Waals surface area (Å²) in [4.78, 5) is 3.93. The van der Waals surface area contributed by atoms with Gasteiger partial charge in [0.2, 0.25) is 0 Å². The minimum absolute atomic E-state index is 0.111. The zero-order valence-electron chi connectivity index (χ0n) is 13.7. The molecule has 3 aliphatic heterocycles. The van der Waals surface area contributed by atoms with Crippen LogP contribution in [0.25, 0.3) is 0 Å². The highest BCUT2D eigenvalue weighted by Crippen LogP contribution is 2.15. The summed E-state index contributed by atoms with van der Waals surface area (Å²) in [5.74, 6) is 0.523. The third kappa shape index (κ3) is 9.03. The molecule has 0 spiro atoms. The van der Waals surface area contributed by atoms with Gasteiger partial charge in [0.1, 0.15) is 6.61 Å². The molecule has 6 nitrogen and oxygen atoms in total. The van der Waals surface area contributed by atoms with E-state index in [4.69, 9.17) is 23.7 Å². The number of rotatable bonds is 2. The number of aliphatic imine (C=N–C) groups is 1. The smallest absolute Gasteiger partial charge is 0.180 e. The second-order valence-electron chi connectivity index (χ2n) is 5.31. The molecule has 2 fully saturated rings. The standard InChI is InChI=1S/C6H12O2.C5H10O2.C4H7NO/c1-2-3-6-7-4-5-8-6;1-5(2)6-3-4-7-5;1-4-5-2-3-6-4/h6H,2-5H2,1H3;3-4H2,1-2H3;2-3H2,1H3. The molecule has 0 atom stereocenters. The van der Waals surface area contributed by atoms with Crippen molar-refractivity contribution in [1.29, 1.82) is 0 Å². The van der Waals surface area contributed by atoms with Crippen molar-refractivity contribution in [3.05, 3.63) is 0 Å². The van der Waals surface area contributed by atoms with E-state index in [1.165, 1.54) is 0 Å². The maximum Gasteiger partial charge on any atom is 0.180 e. The van der Waals surface area contributed by atoms with Crippen LogP contribution in [0.1, 0.15) is 40.5 Å². The summed E-state index contributed by atoms with van der Waals surface area (Å²) in [6.07, 6.45) is 2.30. The zero-order valence-corrected chi connectivity index (χ0v) is 13.7. The topological polar surface area (TPSA) is 58.5 Å². The number of ether oxygens (including phenoxy) is 5. The average molecular weight is 303 g/mol. The largest absolute Gasteiger partial charge is 0.479 e. The summed E-state index contributed by atoms with van der Waals surface area (Å²) in [6.45, 7) is 12.5. The van der Waals surface area contributed by atoms with Crippen LogP contribution in [0.3, 0.4) is 0 Å². The number of hydrogen-bond donors (Lipinski definition) is 0. The Balaban J connectivity index is 0.000000159. The van der Waals surface area contributed by atoms with E-state index in [2.05, 4.69) is 11.9 Å². The SMILES string of the molecule is CC1(C)OCCO1.CC1=NCCO1.CCCC1OCCO1. The molecule has 0 unspecified atom stereocenters. The van der Waals surface area contributed by atoms with Crippen LogP contribution >= 0.6 is 0 Å². The summed E-state index contributed by atoms with van der Waals surface area (Å²) in [5, 5.41) is 0. The molecule has 2 saturated heterocycles. The van der Waals surface area contributed by atoms with Crippen LogP contribution in [-0.2, 0) is 23.7 Å². The molecular formula is C15H29NO5. The zero-order chi connectivity index (χ0) is 15.6. The minimum Gasteiger partial charge on any atom is -0.479 e. The monoisotopic (exact) mass is 303 g/mol. The molecule has 124 valence electrons. The molecule has 0 aliphatic carbocycles. The van der Waals surface area contributed by atoms with Crippen LogP contribution in [0.15, 0.2) is 4.99 Å². The molecule has 0 N–H and O–H groups in total. The average Bonchev–Trinajstić information content (AvgIpc) is 3.15. The quantitative estimate of drug-likeness (QED) is 0.784. The van der Waals surface area contributed by atoms with E-state index in [0.717, 1.165) is 58.3 Å². The lowest BCUT2D eigenvalue weighted by Gasteiger charge is -2.13. The van der Waals surface area contributed by atoms with Crippen molar-refractivity contribution in [1.82, 2.24) is 0 Å². The fourth-order valence-electron chi connectivity index (χ4n) is 1.87. The van der Waals surface area contributed by atoms with E-state index in [0.29, 0.717) is 0 Å². The Labute approximate surface area is 127 Å². The van der Waals surface area contributed by atoms with Gasteiger partial charge in [0.15, 0.2) is 18.0 Å². The van der Waals surface area contributed by atoms with Crippen molar-refractivity contribution in [2.75, 3.05) is 39.6 Å². The van der Waals surface area contributed by atoms with Gasteiger partial charge in [-0.1, -0.05) is 13.3 Å². The third-order valence-corrected chi connectivity index (χ3v) is 2.93. The maximum absolute atomic E-state index is 5.17.